The lowest BCUT2D eigenvalue weighted by molar-refractivity contribution is 0.631. The fourth-order valence-corrected chi connectivity index (χ4v) is 3.08. The predicted octanol–water partition coefficient (Wildman–Crippen LogP) is 5.61. The van der Waals surface area contributed by atoms with Crippen molar-refractivity contribution < 1.29 is 4.39 Å². The van der Waals surface area contributed by atoms with Gasteiger partial charge in [0.05, 0.1) is 11.4 Å². The molecule has 0 aliphatic carbocycles. The number of nitrogens with zero attached hydrogens (tertiary/aromatic N) is 1. The molecular weight excluding hydrogens is 398 g/mol. The van der Waals surface area contributed by atoms with Crippen molar-refractivity contribution in [1.29, 1.82) is 0 Å². The molecule has 0 aliphatic heterocycles. The number of rotatable bonds is 3. The molecule has 3 rings (SSSR count). The van der Waals surface area contributed by atoms with Gasteiger partial charge >= 0.3 is 0 Å². The average molecular weight is 410 g/mol. The highest BCUT2D eigenvalue weighted by molar-refractivity contribution is 14.1. The first-order valence-electron chi connectivity index (χ1n) is 6.36. The van der Waals surface area contributed by atoms with Crippen LogP contribution in [0.15, 0.2) is 47.8 Å². The van der Waals surface area contributed by atoms with Crippen LogP contribution in [0.3, 0.4) is 0 Å². The first-order valence-corrected chi connectivity index (χ1v) is 8.32. The first kappa shape index (κ1) is 14.5. The van der Waals surface area contributed by atoms with E-state index in [9.17, 15) is 4.39 Å². The molecule has 1 heterocycles. The van der Waals surface area contributed by atoms with Crippen LogP contribution in [0.25, 0.3) is 11.3 Å². The number of nitrogens with one attached hydrogen (secondary N) is 1. The van der Waals surface area contributed by atoms with Crippen molar-refractivity contribution in [1.82, 2.24) is 4.98 Å². The Balaban J connectivity index is 1.83. The predicted molar refractivity (Wildman–Crippen MR) is 94.7 cm³/mol. The smallest absolute Gasteiger partial charge is 0.187 e. The van der Waals surface area contributed by atoms with E-state index < -0.39 is 0 Å². The van der Waals surface area contributed by atoms with Gasteiger partial charge in [-0.15, -0.1) is 11.3 Å². The van der Waals surface area contributed by atoms with E-state index in [-0.39, 0.29) is 5.82 Å². The van der Waals surface area contributed by atoms with E-state index in [0.717, 1.165) is 14.8 Å². The van der Waals surface area contributed by atoms with Crippen LogP contribution in [0.5, 0.6) is 0 Å². The zero-order valence-electron chi connectivity index (χ0n) is 11.2. The van der Waals surface area contributed by atoms with E-state index in [1.165, 1.54) is 23.0 Å². The molecule has 0 saturated heterocycles. The van der Waals surface area contributed by atoms with Gasteiger partial charge in [-0.3, -0.25) is 0 Å². The monoisotopic (exact) mass is 410 g/mol. The molecule has 3 aromatic rings. The van der Waals surface area contributed by atoms with Crippen molar-refractivity contribution in [3.63, 3.8) is 0 Å². The van der Waals surface area contributed by atoms with Gasteiger partial charge in [-0.1, -0.05) is 29.8 Å². The van der Waals surface area contributed by atoms with E-state index in [1.807, 2.05) is 23.6 Å². The van der Waals surface area contributed by atoms with Crippen LogP contribution >= 0.6 is 33.9 Å². The van der Waals surface area contributed by atoms with E-state index >= 15 is 0 Å². The molecule has 0 amide bonds. The molecule has 1 N–H and O–H groups in total. The van der Waals surface area contributed by atoms with Crippen molar-refractivity contribution in [2.75, 3.05) is 5.32 Å². The topological polar surface area (TPSA) is 24.9 Å². The number of anilines is 2. The highest BCUT2D eigenvalue weighted by atomic mass is 127. The normalized spacial score (nSPS) is 10.6. The molecule has 0 unspecified atom stereocenters. The lowest BCUT2D eigenvalue weighted by Crippen LogP contribution is -1.93. The Morgan fingerprint density at radius 3 is 2.62 bits per heavy atom. The Morgan fingerprint density at radius 1 is 1.14 bits per heavy atom. The van der Waals surface area contributed by atoms with Crippen LogP contribution in [-0.4, -0.2) is 4.98 Å². The summed E-state index contributed by atoms with van der Waals surface area (Å²) in [7, 11) is 0. The zero-order chi connectivity index (χ0) is 14.8. The minimum absolute atomic E-state index is 0.269. The van der Waals surface area contributed by atoms with Gasteiger partial charge in [0.2, 0.25) is 0 Å². The fraction of sp³-hybridized carbons (Fsp3) is 0.0625. The molecule has 1 aromatic heterocycles. The largest absolute Gasteiger partial charge is 0.329 e. The van der Waals surface area contributed by atoms with Gasteiger partial charge in [0.15, 0.2) is 5.13 Å². The summed E-state index contributed by atoms with van der Waals surface area (Å²) in [5.74, 6) is -0.269. The second-order valence-corrected chi connectivity index (χ2v) is 6.76. The lowest BCUT2D eigenvalue weighted by Gasteiger charge is -2.04. The summed E-state index contributed by atoms with van der Waals surface area (Å²) in [6.07, 6.45) is 0. The Kier molecular flexibility index (Phi) is 4.21. The number of aryl methyl sites for hydroxylation is 1. The van der Waals surface area contributed by atoms with Gasteiger partial charge in [0, 0.05) is 14.5 Å². The Bertz CT molecular complexity index is 768. The molecule has 0 bridgehead atoms. The van der Waals surface area contributed by atoms with Crippen LogP contribution in [-0.2, 0) is 0 Å². The molecule has 0 fully saturated rings. The number of halogens is 2. The summed E-state index contributed by atoms with van der Waals surface area (Å²) in [6, 6.07) is 13.3. The maximum absolute atomic E-state index is 13.8. The third-order valence-corrected chi connectivity index (χ3v) is 4.45. The van der Waals surface area contributed by atoms with Crippen molar-refractivity contribution >= 4 is 44.7 Å². The van der Waals surface area contributed by atoms with Gasteiger partial charge in [-0.2, -0.15) is 0 Å². The quantitative estimate of drug-likeness (QED) is 0.569. The summed E-state index contributed by atoms with van der Waals surface area (Å²) in [5.41, 5.74) is 3.62. The van der Waals surface area contributed by atoms with Crippen molar-refractivity contribution in [2.24, 2.45) is 0 Å². The Labute approximate surface area is 140 Å². The van der Waals surface area contributed by atoms with Crippen LogP contribution in [0, 0.1) is 16.3 Å². The SMILES string of the molecule is Cc1ccc(-c2csc(Nc3ccc(I)cc3F)n2)cc1. The Hall–Kier alpha value is -1.47. The highest BCUT2D eigenvalue weighted by Gasteiger charge is 2.07. The second-order valence-electron chi connectivity index (χ2n) is 4.65. The van der Waals surface area contributed by atoms with E-state index in [1.54, 1.807) is 6.07 Å². The van der Waals surface area contributed by atoms with Crippen LogP contribution in [0.4, 0.5) is 15.2 Å². The van der Waals surface area contributed by atoms with Crippen LogP contribution in [0.1, 0.15) is 5.56 Å². The fourth-order valence-electron chi connectivity index (χ4n) is 1.89. The summed E-state index contributed by atoms with van der Waals surface area (Å²) in [6.45, 7) is 2.05. The lowest BCUT2D eigenvalue weighted by atomic mass is 10.1. The van der Waals surface area contributed by atoms with Crippen LogP contribution in [0.2, 0.25) is 0 Å². The minimum atomic E-state index is -0.269. The van der Waals surface area contributed by atoms with Gasteiger partial charge < -0.3 is 5.32 Å². The summed E-state index contributed by atoms with van der Waals surface area (Å²) >= 11 is 3.55. The van der Waals surface area contributed by atoms with Gasteiger partial charge in [-0.25, -0.2) is 9.37 Å². The molecule has 2 aromatic carbocycles. The third-order valence-electron chi connectivity index (χ3n) is 3.02. The standard InChI is InChI=1S/C16H12FIN2S/c1-10-2-4-11(5-3-10)15-9-21-16(20-15)19-14-7-6-12(18)8-13(14)17/h2-9H,1H3,(H,19,20). The molecule has 2 nitrogen and oxygen atoms in total. The molecule has 0 atom stereocenters. The summed E-state index contributed by atoms with van der Waals surface area (Å²) in [5, 5.41) is 5.69. The van der Waals surface area contributed by atoms with Gasteiger partial charge in [-0.05, 0) is 47.7 Å². The third kappa shape index (κ3) is 3.41. The summed E-state index contributed by atoms with van der Waals surface area (Å²) in [4.78, 5) is 4.51. The van der Waals surface area contributed by atoms with Crippen molar-refractivity contribution in [2.45, 2.75) is 6.92 Å². The van der Waals surface area contributed by atoms with E-state index in [0.29, 0.717) is 10.8 Å². The number of aromatic nitrogens is 1. The molecular formula is C16H12FIN2S. The number of hydrogen-bond donors (Lipinski definition) is 1. The zero-order valence-corrected chi connectivity index (χ0v) is 14.2. The molecule has 106 valence electrons. The van der Waals surface area contributed by atoms with E-state index in [2.05, 4.69) is 51.9 Å². The minimum Gasteiger partial charge on any atom is -0.329 e. The second kappa shape index (κ2) is 6.11. The average Bonchev–Trinajstić information content (AvgIpc) is 2.91. The molecule has 21 heavy (non-hydrogen) atoms. The van der Waals surface area contributed by atoms with Crippen molar-refractivity contribution in [3.8, 4) is 11.3 Å². The summed E-state index contributed by atoms with van der Waals surface area (Å²) < 4.78 is 14.7. The number of hydrogen-bond acceptors (Lipinski definition) is 3. The van der Waals surface area contributed by atoms with Gasteiger partial charge in [0.1, 0.15) is 5.82 Å². The molecule has 5 heteroatoms. The maximum Gasteiger partial charge on any atom is 0.187 e. The van der Waals surface area contributed by atoms with Gasteiger partial charge in [0.25, 0.3) is 0 Å². The molecule has 0 radical (unpaired) electrons. The number of benzene rings is 2. The van der Waals surface area contributed by atoms with Crippen LogP contribution < -0.4 is 5.32 Å². The maximum atomic E-state index is 13.8. The number of thiazole rings is 1. The van der Waals surface area contributed by atoms with Crippen molar-refractivity contribution in [3.05, 3.63) is 62.8 Å². The molecule has 0 saturated carbocycles. The Morgan fingerprint density at radius 2 is 1.90 bits per heavy atom. The molecule has 0 aliphatic rings. The highest BCUT2D eigenvalue weighted by Crippen LogP contribution is 2.28. The van der Waals surface area contributed by atoms with E-state index in [4.69, 9.17) is 0 Å². The molecule has 0 spiro atoms. The first-order chi connectivity index (χ1) is 10.1.